The molecule has 16 heavy (non-hydrogen) atoms. The number of Topliss-reactive ketones (excluding diaryl/α,β-unsaturated/α-hetero) is 1. The maximum absolute atomic E-state index is 11.9. The van der Waals surface area contributed by atoms with Gasteiger partial charge >= 0.3 is 0 Å². The number of rotatable bonds is 3. The first-order valence-electron chi connectivity index (χ1n) is 4.84. The zero-order valence-electron chi connectivity index (χ0n) is 8.74. The molecule has 4 heteroatoms. The van der Waals surface area contributed by atoms with Crippen molar-refractivity contribution >= 4 is 28.7 Å². The summed E-state index contributed by atoms with van der Waals surface area (Å²) in [4.78, 5) is 16.6. The molecule has 0 atom stereocenters. The largest absolute Gasteiger partial charge is 0.293 e. The fourth-order valence-corrected chi connectivity index (χ4v) is 2.63. The Balaban J connectivity index is 2.18. The predicted octanol–water partition coefficient (Wildman–Crippen LogP) is 3.53. The van der Waals surface area contributed by atoms with Crippen molar-refractivity contribution in [3.8, 4) is 0 Å². The fraction of sp³-hybridized carbons (Fsp3) is 0.167. The SMILES string of the molecule is Cc1csc(C(=O)Cc2cccnc2)c1Cl. The van der Waals surface area contributed by atoms with Gasteiger partial charge in [-0.05, 0) is 29.5 Å². The summed E-state index contributed by atoms with van der Waals surface area (Å²) in [6, 6.07) is 3.71. The Hall–Kier alpha value is -1.19. The molecule has 0 aromatic carbocycles. The van der Waals surface area contributed by atoms with Crippen LogP contribution in [0.4, 0.5) is 0 Å². The monoisotopic (exact) mass is 251 g/mol. The molecule has 2 heterocycles. The minimum atomic E-state index is 0.0519. The molecule has 2 nitrogen and oxygen atoms in total. The van der Waals surface area contributed by atoms with Gasteiger partial charge in [0.1, 0.15) is 0 Å². The van der Waals surface area contributed by atoms with Crippen molar-refractivity contribution in [1.82, 2.24) is 4.98 Å². The van der Waals surface area contributed by atoms with Crippen LogP contribution in [-0.4, -0.2) is 10.8 Å². The molecule has 0 aliphatic heterocycles. The van der Waals surface area contributed by atoms with Crippen LogP contribution >= 0.6 is 22.9 Å². The highest BCUT2D eigenvalue weighted by Crippen LogP contribution is 2.28. The molecule has 0 spiro atoms. The highest BCUT2D eigenvalue weighted by atomic mass is 35.5. The summed E-state index contributed by atoms with van der Waals surface area (Å²) >= 11 is 7.45. The van der Waals surface area contributed by atoms with Gasteiger partial charge < -0.3 is 0 Å². The molecule has 0 aliphatic rings. The number of thiophene rings is 1. The van der Waals surface area contributed by atoms with E-state index in [-0.39, 0.29) is 5.78 Å². The highest BCUT2D eigenvalue weighted by molar-refractivity contribution is 7.13. The summed E-state index contributed by atoms with van der Waals surface area (Å²) in [5, 5.41) is 2.48. The summed E-state index contributed by atoms with van der Waals surface area (Å²) in [5.74, 6) is 0.0519. The van der Waals surface area contributed by atoms with E-state index in [1.165, 1.54) is 11.3 Å². The average Bonchev–Trinajstić information content (AvgIpc) is 2.61. The van der Waals surface area contributed by atoms with Crippen molar-refractivity contribution in [2.45, 2.75) is 13.3 Å². The number of carbonyl (C=O) groups excluding carboxylic acids is 1. The van der Waals surface area contributed by atoms with Crippen LogP contribution in [0.1, 0.15) is 20.8 Å². The molecule has 2 aromatic rings. The van der Waals surface area contributed by atoms with Crippen LogP contribution < -0.4 is 0 Å². The van der Waals surface area contributed by atoms with Gasteiger partial charge in [-0.15, -0.1) is 11.3 Å². The van der Waals surface area contributed by atoms with Crippen LogP contribution in [0.5, 0.6) is 0 Å². The number of aryl methyl sites for hydroxylation is 1. The molecule has 0 saturated carbocycles. The Morgan fingerprint density at radius 3 is 2.94 bits per heavy atom. The molecule has 82 valence electrons. The van der Waals surface area contributed by atoms with Crippen LogP contribution in [0.25, 0.3) is 0 Å². The Bertz CT molecular complexity index is 507. The molecular formula is C12H10ClNOS. The van der Waals surface area contributed by atoms with E-state index in [1.807, 2.05) is 24.4 Å². The van der Waals surface area contributed by atoms with E-state index in [4.69, 9.17) is 11.6 Å². The third kappa shape index (κ3) is 2.31. The maximum atomic E-state index is 11.9. The van der Waals surface area contributed by atoms with E-state index in [1.54, 1.807) is 12.4 Å². The molecule has 0 fully saturated rings. The third-order valence-electron chi connectivity index (χ3n) is 2.24. The maximum Gasteiger partial charge on any atom is 0.178 e. The topological polar surface area (TPSA) is 30.0 Å². The number of hydrogen-bond donors (Lipinski definition) is 0. The lowest BCUT2D eigenvalue weighted by atomic mass is 10.1. The zero-order valence-corrected chi connectivity index (χ0v) is 10.3. The quantitative estimate of drug-likeness (QED) is 0.781. The second-order valence-corrected chi connectivity index (χ2v) is 4.78. The van der Waals surface area contributed by atoms with E-state index >= 15 is 0 Å². The summed E-state index contributed by atoms with van der Waals surface area (Å²) in [6.45, 7) is 1.90. The van der Waals surface area contributed by atoms with Gasteiger partial charge in [-0.1, -0.05) is 17.7 Å². The molecule has 0 radical (unpaired) electrons. The van der Waals surface area contributed by atoms with Crippen molar-refractivity contribution in [3.05, 3.63) is 50.9 Å². The van der Waals surface area contributed by atoms with Crippen LogP contribution in [-0.2, 0) is 6.42 Å². The number of carbonyl (C=O) groups is 1. The number of halogens is 1. The van der Waals surface area contributed by atoms with Gasteiger partial charge in [-0.2, -0.15) is 0 Å². The Kier molecular flexibility index (Phi) is 3.36. The first-order chi connectivity index (χ1) is 7.68. The van der Waals surface area contributed by atoms with E-state index in [9.17, 15) is 4.79 Å². The zero-order chi connectivity index (χ0) is 11.5. The average molecular weight is 252 g/mol. The summed E-state index contributed by atoms with van der Waals surface area (Å²) in [6.07, 6.45) is 3.75. The van der Waals surface area contributed by atoms with E-state index in [0.29, 0.717) is 16.3 Å². The van der Waals surface area contributed by atoms with E-state index in [2.05, 4.69) is 4.98 Å². The first-order valence-corrected chi connectivity index (χ1v) is 6.10. The molecule has 0 saturated heterocycles. The standard InChI is InChI=1S/C12H10ClNOS/c1-8-7-16-12(11(8)13)10(15)5-9-3-2-4-14-6-9/h2-4,6-7H,5H2,1H3. The molecular weight excluding hydrogens is 242 g/mol. The van der Waals surface area contributed by atoms with Gasteiger partial charge in [0, 0.05) is 18.8 Å². The second-order valence-electron chi connectivity index (χ2n) is 3.52. The molecule has 0 aliphatic carbocycles. The van der Waals surface area contributed by atoms with Gasteiger partial charge in [0.2, 0.25) is 0 Å². The van der Waals surface area contributed by atoms with E-state index < -0.39 is 0 Å². The van der Waals surface area contributed by atoms with Crippen molar-refractivity contribution in [2.24, 2.45) is 0 Å². The van der Waals surface area contributed by atoms with Crippen LogP contribution in [0, 0.1) is 6.92 Å². The highest BCUT2D eigenvalue weighted by Gasteiger charge is 2.14. The molecule has 2 aromatic heterocycles. The fourth-order valence-electron chi connectivity index (χ4n) is 1.39. The van der Waals surface area contributed by atoms with E-state index in [0.717, 1.165) is 11.1 Å². The lowest BCUT2D eigenvalue weighted by molar-refractivity contribution is 0.0997. The Labute approximate surface area is 103 Å². The van der Waals surface area contributed by atoms with Crippen LogP contribution in [0.2, 0.25) is 5.02 Å². The molecule has 0 N–H and O–H groups in total. The number of aromatic nitrogens is 1. The van der Waals surface area contributed by atoms with Gasteiger partial charge in [-0.25, -0.2) is 0 Å². The van der Waals surface area contributed by atoms with Gasteiger partial charge in [-0.3, -0.25) is 9.78 Å². The van der Waals surface area contributed by atoms with Crippen molar-refractivity contribution in [2.75, 3.05) is 0 Å². The van der Waals surface area contributed by atoms with Crippen molar-refractivity contribution in [3.63, 3.8) is 0 Å². The predicted molar refractivity (Wildman–Crippen MR) is 66.3 cm³/mol. The Morgan fingerprint density at radius 1 is 1.56 bits per heavy atom. The number of nitrogens with zero attached hydrogens (tertiary/aromatic N) is 1. The Morgan fingerprint density at radius 2 is 2.38 bits per heavy atom. The lowest BCUT2D eigenvalue weighted by Crippen LogP contribution is -2.02. The first kappa shape index (κ1) is 11.3. The van der Waals surface area contributed by atoms with Crippen molar-refractivity contribution in [1.29, 1.82) is 0 Å². The normalized spacial score (nSPS) is 10.4. The molecule has 0 amide bonds. The van der Waals surface area contributed by atoms with Gasteiger partial charge in [0.15, 0.2) is 5.78 Å². The lowest BCUT2D eigenvalue weighted by Gasteiger charge is -1.99. The molecule has 2 rings (SSSR count). The van der Waals surface area contributed by atoms with Crippen LogP contribution in [0.15, 0.2) is 29.9 Å². The van der Waals surface area contributed by atoms with Gasteiger partial charge in [0.25, 0.3) is 0 Å². The summed E-state index contributed by atoms with van der Waals surface area (Å²) in [5.41, 5.74) is 1.87. The number of ketones is 1. The summed E-state index contributed by atoms with van der Waals surface area (Å²) < 4.78 is 0. The minimum absolute atomic E-state index is 0.0519. The van der Waals surface area contributed by atoms with Crippen molar-refractivity contribution < 1.29 is 4.79 Å². The second kappa shape index (κ2) is 4.76. The minimum Gasteiger partial charge on any atom is -0.293 e. The van der Waals surface area contributed by atoms with Gasteiger partial charge in [0.05, 0.1) is 9.90 Å². The molecule has 0 bridgehead atoms. The molecule has 0 unspecified atom stereocenters. The number of hydrogen-bond acceptors (Lipinski definition) is 3. The number of pyridine rings is 1. The van der Waals surface area contributed by atoms with Crippen LogP contribution in [0.3, 0.4) is 0 Å². The smallest absolute Gasteiger partial charge is 0.178 e. The third-order valence-corrected chi connectivity index (χ3v) is 3.98. The summed E-state index contributed by atoms with van der Waals surface area (Å²) in [7, 11) is 0.